The molecule has 0 atom stereocenters. The highest BCUT2D eigenvalue weighted by atomic mass is 32.2. The van der Waals surface area contributed by atoms with Gasteiger partial charge >= 0.3 is 6.18 Å². The van der Waals surface area contributed by atoms with Crippen molar-refractivity contribution in [2.75, 3.05) is 5.73 Å². The average molecular weight is 288 g/mol. The summed E-state index contributed by atoms with van der Waals surface area (Å²) in [5, 5.41) is 8.26. The molecule has 0 radical (unpaired) electrons. The summed E-state index contributed by atoms with van der Waals surface area (Å²) in [6.45, 7) is 1.77. The van der Waals surface area contributed by atoms with E-state index in [-0.39, 0.29) is 5.69 Å². The maximum atomic E-state index is 12.7. The predicted molar refractivity (Wildman–Crippen MR) is 65.7 cm³/mol. The zero-order valence-corrected chi connectivity index (χ0v) is 11.0. The number of aromatic nitrogens is 3. The Hall–Kier alpha value is -1.70. The maximum absolute atomic E-state index is 12.7. The number of rotatable bonds is 2. The minimum absolute atomic E-state index is 0.286. The molecule has 1 heterocycles. The first kappa shape index (κ1) is 13.7. The zero-order valence-electron chi connectivity index (χ0n) is 10.2. The van der Waals surface area contributed by atoms with E-state index in [1.807, 2.05) is 0 Å². The summed E-state index contributed by atoms with van der Waals surface area (Å²) < 4.78 is 39.9. The summed E-state index contributed by atoms with van der Waals surface area (Å²) in [6, 6.07) is 3.79. The third-order valence-electron chi connectivity index (χ3n) is 2.59. The van der Waals surface area contributed by atoms with E-state index in [0.717, 1.165) is 17.8 Å². The average Bonchev–Trinajstić information content (AvgIpc) is 2.62. The van der Waals surface area contributed by atoms with Gasteiger partial charge in [0.05, 0.1) is 5.56 Å². The van der Waals surface area contributed by atoms with Gasteiger partial charge in [0.1, 0.15) is 5.82 Å². The molecule has 0 amide bonds. The highest BCUT2D eigenvalue weighted by molar-refractivity contribution is 7.99. The molecule has 2 aromatic rings. The van der Waals surface area contributed by atoms with Crippen LogP contribution in [0.3, 0.4) is 0 Å². The van der Waals surface area contributed by atoms with Crippen molar-refractivity contribution in [2.24, 2.45) is 7.05 Å². The van der Waals surface area contributed by atoms with Gasteiger partial charge in [-0.05, 0) is 36.9 Å². The number of hydrogen-bond acceptors (Lipinski definition) is 4. The number of alkyl halides is 3. The molecule has 0 fully saturated rings. The summed E-state index contributed by atoms with van der Waals surface area (Å²) in [7, 11) is 1.75. The van der Waals surface area contributed by atoms with Crippen LogP contribution in [0, 0.1) is 6.92 Å². The summed E-state index contributed by atoms with van der Waals surface area (Å²) in [5.74, 6) is 0.689. The normalized spacial score (nSPS) is 11.8. The van der Waals surface area contributed by atoms with E-state index in [4.69, 9.17) is 5.73 Å². The number of halogens is 3. The predicted octanol–water partition coefficient (Wildman–Crippen LogP) is 2.88. The van der Waals surface area contributed by atoms with Gasteiger partial charge < -0.3 is 10.3 Å². The Morgan fingerprint density at radius 2 is 1.95 bits per heavy atom. The van der Waals surface area contributed by atoms with Gasteiger partial charge in [0, 0.05) is 17.6 Å². The molecule has 0 saturated carbocycles. The van der Waals surface area contributed by atoms with Crippen molar-refractivity contribution in [2.45, 2.75) is 23.2 Å². The van der Waals surface area contributed by atoms with Gasteiger partial charge in [-0.15, -0.1) is 10.2 Å². The lowest BCUT2D eigenvalue weighted by Gasteiger charge is -2.11. The van der Waals surface area contributed by atoms with E-state index in [2.05, 4.69) is 10.2 Å². The van der Waals surface area contributed by atoms with E-state index in [0.29, 0.717) is 15.9 Å². The first-order chi connectivity index (χ1) is 8.79. The molecular weight excluding hydrogens is 277 g/mol. The molecule has 0 aliphatic rings. The van der Waals surface area contributed by atoms with Crippen LogP contribution < -0.4 is 5.73 Å². The Balaban J connectivity index is 2.34. The Bertz CT molecular complexity index is 606. The molecule has 2 N–H and O–H groups in total. The molecule has 0 spiro atoms. The van der Waals surface area contributed by atoms with Gasteiger partial charge in [-0.1, -0.05) is 0 Å². The molecule has 1 aromatic heterocycles. The summed E-state index contributed by atoms with van der Waals surface area (Å²) in [4.78, 5) is 0.414. The fraction of sp³-hybridized carbons (Fsp3) is 0.273. The van der Waals surface area contributed by atoms with Gasteiger partial charge in [-0.3, -0.25) is 0 Å². The molecule has 0 aliphatic carbocycles. The highest BCUT2D eigenvalue weighted by Gasteiger charge is 2.33. The molecule has 19 heavy (non-hydrogen) atoms. The Morgan fingerprint density at radius 3 is 2.47 bits per heavy atom. The number of nitrogen functional groups attached to an aromatic ring is 1. The lowest BCUT2D eigenvalue weighted by molar-refractivity contribution is -0.137. The quantitative estimate of drug-likeness (QED) is 0.863. The first-order valence-corrected chi connectivity index (χ1v) is 6.11. The molecule has 4 nitrogen and oxygen atoms in total. The van der Waals surface area contributed by atoms with E-state index in [9.17, 15) is 13.2 Å². The largest absolute Gasteiger partial charge is 0.418 e. The second kappa shape index (κ2) is 4.76. The van der Waals surface area contributed by atoms with Crippen molar-refractivity contribution in [3.05, 3.63) is 29.6 Å². The smallest absolute Gasteiger partial charge is 0.398 e. The van der Waals surface area contributed by atoms with Crippen molar-refractivity contribution in [1.29, 1.82) is 0 Å². The lowest BCUT2D eigenvalue weighted by atomic mass is 10.2. The Morgan fingerprint density at radius 1 is 1.26 bits per heavy atom. The third-order valence-corrected chi connectivity index (χ3v) is 3.62. The van der Waals surface area contributed by atoms with Crippen molar-refractivity contribution in [1.82, 2.24) is 14.8 Å². The number of aryl methyl sites for hydroxylation is 1. The lowest BCUT2D eigenvalue weighted by Crippen LogP contribution is -2.08. The van der Waals surface area contributed by atoms with Crippen molar-refractivity contribution >= 4 is 17.4 Å². The first-order valence-electron chi connectivity index (χ1n) is 5.29. The molecule has 102 valence electrons. The molecule has 0 aliphatic heterocycles. The molecule has 0 bridgehead atoms. The van der Waals surface area contributed by atoms with Gasteiger partial charge in [-0.25, -0.2) is 0 Å². The summed E-state index contributed by atoms with van der Waals surface area (Å²) in [5.41, 5.74) is 4.22. The number of nitrogens with zero attached hydrogens (tertiary/aromatic N) is 3. The molecule has 0 saturated heterocycles. The van der Waals surface area contributed by atoms with Crippen LogP contribution in [0.5, 0.6) is 0 Å². The monoisotopic (exact) mass is 288 g/mol. The van der Waals surface area contributed by atoms with Gasteiger partial charge in [0.25, 0.3) is 0 Å². The van der Waals surface area contributed by atoms with Gasteiger partial charge in [-0.2, -0.15) is 13.2 Å². The van der Waals surface area contributed by atoms with Crippen LogP contribution in [-0.2, 0) is 13.2 Å². The zero-order chi connectivity index (χ0) is 14.2. The van der Waals surface area contributed by atoms with E-state index >= 15 is 0 Å². The van der Waals surface area contributed by atoms with Crippen LogP contribution in [0.2, 0.25) is 0 Å². The van der Waals surface area contributed by atoms with Crippen LogP contribution in [0.25, 0.3) is 0 Å². The van der Waals surface area contributed by atoms with Gasteiger partial charge in [0.15, 0.2) is 5.16 Å². The number of anilines is 1. The minimum Gasteiger partial charge on any atom is -0.398 e. The van der Waals surface area contributed by atoms with Crippen LogP contribution in [0.15, 0.2) is 28.3 Å². The van der Waals surface area contributed by atoms with E-state index in [1.165, 1.54) is 12.1 Å². The Labute approximate surface area is 111 Å². The van der Waals surface area contributed by atoms with Crippen molar-refractivity contribution in [3.8, 4) is 0 Å². The van der Waals surface area contributed by atoms with Crippen LogP contribution in [0.1, 0.15) is 11.4 Å². The topological polar surface area (TPSA) is 56.7 Å². The Kier molecular flexibility index (Phi) is 3.44. The molecule has 1 aromatic carbocycles. The summed E-state index contributed by atoms with van der Waals surface area (Å²) >= 11 is 1.11. The minimum atomic E-state index is -4.46. The third kappa shape index (κ3) is 2.83. The van der Waals surface area contributed by atoms with E-state index < -0.39 is 11.7 Å². The number of hydrogen-bond donors (Lipinski definition) is 1. The van der Waals surface area contributed by atoms with Crippen LogP contribution >= 0.6 is 11.8 Å². The molecule has 0 unspecified atom stereocenters. The second-order valence-electron chi connectivity index (χ2n) is 3.94. The standard InChI is InChI=1S/C11H11F3N4S/c1-6-16-17-10(18(6)2)19-7-3-4-9(15)8(5-7)11(12,13)14/h3-5H,15H2,1-2H3. The molecular formula is C11H11F3N4S. The fourth-order valence-electron chi connectivity index (χ4n) is 1.43. The highest BCUT2D eigenvalue weighted by Crippen LogP contribution is 2.37. The summed E-state index contributed by atoms with van der Waals surface area (Å²) in [6.07, 6.45) is -4.46. The van der Waals surface area contributed by atoms with E-state index in [1.54, 1.807) is 18.5 Å². The van der Waals surface area contributed by atoms with Crippen LogP contribution in [0.4, 0.5) is 18.9 Å². The number of benzene rings is 1. The van der Waals surface area contributed by atoms with Gasteiger partial charge in [0.2, 0.25) is 0 Å². The fourth-order valence-corrected chi connectivity index (χ4v) is 2.30. The molecule has 8 heteroatoms. The number of nitrogens with two attached hydrogens (primary N) is 1. The second-order valence-corrected chi connectivity index (χ2v) is 4.98. The SMILES string of the molecule is Cc1nnc(Sc2ccc(N)c(C(F)(F)F)c2)n1C. The van der Waals surface area contributed by atoms with Crippen molar-refractivity contribution in [3.63, 3.8) is 0 Å². The van der Waals surface area contributed by atoms with Crippen LogP contribution in [-0.4, -0.2) is 14.8 Å². The van der Waals surface area contributed by atoms with Crippen molar-refractivity contribution < 1.29 is 13.2 Å². The maximum Gasteiger partial charge on any atom is 0.418 e. The molecule has 2 rings (SSSR count).